The van der Waals surface area contributed by atoms with Crippen molar-refractivity contribution in [2.24, 2.45) is 5.73 Å². The number of nitrogens with zero attached hydrogens (tertiary/aromatic N) is 2. The lowest BCUT2D eigenvalue weighted by Gasteiger charge is -2.17. The maximum atomic E-state index is 13.0. The van der Waals surface area contributed by atoms with Crippen LogP contribution in [-0.2, 0) is 25.8 Å². The van der Waals surface area contributed by atoms with Crippen LogP contribution in [0.15, 0.2) is 65.6 Å². The van der Waals surface area contributed by atoms with Gasteiger partial charge in [0.05, 0.1) is 16.3 Å². The second-order valence-corrected chi connectivity index (χ2v) is 9.31. The number of sulfone groups is 1. The van der Waals surface area contributed by atoms with E-state index in [1.165, 1.54) is 35.0 Å². The highest BCUT2D eigenvalue weighted by atomic mass is 32.2. The minimum absolute atomic E-state index is 0.0878. The van der Waals surface area contributed by atoms with Gasteiger partial charge in [-0.2, -0.15) is 5.10 Å². The number of primary amides is 1. The van der Waals surface area contributed by atoms with Crippen molar-refractivity contribution in [3.05, 3.63) is 77.6 Å². The van der Waals surface area contributed by atoms with Crippen LogP contribution in [0.4, 0.5) is 0 Å². The molecular formula is C22H22N4O5S. The first kappa shape index (κ1) is 22.9. The minimum atomic E-state index is -3.38. The number of carbonyl (C=O) groups excluding carboxylic acids is 3. The highest BCUT2D eigenvalue weighted by Crippen LogP contribution is 2.17. The molecule has 0 spiro atoms. The largest absolute Gasteiger partial charge is 0.363 e. The monoisotopic (exact) mass is 454 g/mol. The molecule has 2 aromatic carbocycles. The van der Waals surface area contributed by atoms with E-state index in [0.717, 1.165) is 11.8 Å². The van der Waals surface area contributed by atoms with E-state index in [1.807, 2.05) is 6.07 Å². The van der Waals surface area contributed by atoms with Crippen LogP contribution in [0.2, 0.25) is 0 Å². The van der Waals surface area contributed by atoms with Crippen LogP contribution in [0, 0.1) is 6.92 Å². The van der Waals surface area contributed by atoms with Gasteiger partial charge in [0.25, 0.3) is 11.8 Å². The zero-order valence-electron chi connectivity index (χ0n) is 17.5. The second-order valence-electron chi connectivity index (χ2n) is 7.29. The lowest BCUT2D eigenvalue weighted by atomic mass is 10.0. The van der Waals surface area contributed by atoms with Crippen molar-refractivity contribution in [2.75, 3.05) is 6.26 Å². The predicted octanol–water partition coefficient (Wildman–Crippen LogP) is 0.980. The summed E-state index contributed by atoms with van der Waals surface area (Å²) in [7, 11) is -3.38. The van der Waals surface area contributed by atoms with E-state index in [1.54, 1.807) is 31.2 Å². The predicted molar refractivity (Wildman–Crippen MR) is 117 cm³/mol. The number of rotatable bonds is 8. The van der Waals surface area contributed by atoms with Gasteiger partial charge in [0.2, 0.25) is 5.78 Å². The van der Waals surface area contributed by atoms with E-state index in [2.05, 4.69) is 10.4 Å². The molecule has 3 aromatic rings. The van der Waals surface area contributed by atoms with Crippen LogP contribution in [0.3, 0.4) is 0 Å². The first-order valence-corrected chi connectivity index (χ1v) is 11.5. The molecule has 0 saturated carbocycles. The summed E-state index contributed by atoms with van der Waals surface area (Å²) in [6.07, 6.45) is 1.19. The lowest BCUT2D eigenvalue weighted by molar-refractivity contribution is -0.137. The smallest absolute Gasteiger partial charge is 0.287 e. The third kappa shape index (κ3) is 5.27. The number of aryl methyl sites for hydroxylation is 1. The summed E-state index contributed by atoms with van der Waals surface area (Å²) in [5, 5.41) is 6.87. The molecule has 166 valence electrons. The molecular weight excluding hydrogens is 432 g/mol. The van der Waals surface area contributed by atoms with Crippen LogP contribution >= 0.6 is 0 Å². The summed E-state index contributed by atoms with van der Waals surface area (Å²) in [5.74, 6) is -2.69. The molecule has 0 saturated heterocycles. The Kier molecular flexibility index (Phi) is 6.54. The molecule has 0 bridgehead atoms. The Morgan fingerprint density at radius 3 is 2.25 bits per heavy atom. The molecule has 3 rings (SSSR count). The number of aromatic nitrogens is 2. The van der Waals surface area contributed by atoms with Gasteiger partial charge >= 0.3 is 0 Å². The van der Waals surface area contributed by atoms with Gasteiger partial charge in [-0.25, -0.2) is 13.1 Å². The molecule has 1 heterocycles. The number of nitrogens with two attached hydrogens (primary N) is 1. The van der Waals surface area contributed by atoms with Gasteiger partial charge in [0.15, 0.2) is 9.84 Å². The summed E-state index contributed by atoms with van der Waals surface area (Å²) in [5.41, 5.74) is 7.02. The molecule has 1 aromatic heterocycles. The van der Waals surface area contributed by atoms with Gasteiger partial charge in [0.1, 0.15) is 11.7 Å². The van der Waals surface area contributed by atoms with Crippen LogP contribution < -0.4 is 11.1 Å². The molecule has 3 N–H and O–H groups in total. The number of carbonyl (C=O) groups is 3. The fourth-order valence-corrected chi connectivity index (χ4v) is 3.79. The number of hydrogen-bond acceptors (Lipinski definition) is 6. The quantitative estimate of drug-likeness (QED) is 0.486. The number of benzene rings is 2. The number of hydrogen-bond donors (Lipinski definition) is 2. The van der Waals surface area contributed by atoms with Crippen molar-refractivity contribution in [3.8, 4) is 5.69 Å². The highest BCUT2D eigenvalue weighted by Gasteiger charge is 2.27. The van der Waals surface area contributed by atoms with Crippen molar-refractivity contribution in [3.63, 3.8) is 0 Å². The van der Waals surface area contributed by atoms with Crippen molar-refractivity contribution >= 4 is 27.4 Å². The van der Waals surface area contributed by atoms with E-state index >= 15 is 0 Å². The van der Waals surface area contributed by atoms with Crippen LogP contribution in [0.5, 0.6) is 0 Å². The normalized spacial score (nSPS) is 12.2. The van der Waals surface area contributed by atoms with Crippen molar-refractivity contribution in [1.82, 2.24) is 15.1 Å². The van der Waals surface area contributed by atoms with Gasteiger partial charge in [0, 0.05) is 12.7 Å². The minimum Gasteiger partial charge on any atom is -0.363 e. The van der Waals surface area contributed by atoms with E-state index in [4.69, 9.17) is 5.73 Å². The highest BCUT2D eigenvalue weighted by molar-refractivity contribution is 7.90. The third-order valence-corrected chi connectivity index (χ3v) is 5.85. The van der Waals surface area contributed by atoms with Crippen LogP contribution in [-0.4, -0.2) is 48.1 Å². The van der Waals surface area contributed by atoms with Gasteiger partial charge < -0.3 is 11.1 Å². The summed E-state index contributed by atoms with van der Waals surface area (Å²) < 4.78 is 24.7. The summed E-state index contributed by atoms with van der Waals surface area (Å²) in [6.45, 7) is 1.69. The molecule has 1 atom stereocenters. The van der Waals surface area contributed by atoms with Crippen LogP contribution in [0.25, 0.3) is 5.69 Å². The zero-order valence-corrected chi connectivity index (χ0v) is 18.3. The Labute approximate surface area is 185 Å². The molecule has 10 heteroatoms. The maximum Gasteiger partial charge on any atom is 0.287 e. The second kappa shape index (κ2) is 9.15. The number of nitrogens with one attached hydrogen (secondary N) is 1. The topological polar surface area (TPSA) is 141 Å². The van der Waals surface area contributed by atoms with Crippen molar-refractivity contribution in [2.45, 2.75) is 24.3 Å². The molecule has 0 aliphatic heterocycles. The molecule has 9 nitrogen and oxygen atoms in total. The Bertz CT molecular complexity index is 1270. The SMILES string of the molecule is Cc1cc(C(=O)N[C@@H](Cc2ccccc2)C(=O)C(N)=O)n(-c2ccc(S(C)(=O)=O)cc2)n1. The Hall–Kier alpha value is -3.79. The van der Waals surface area contributed by atoms with E-state index in [0.29, 0.717) is 11.4 Å². The van der Waals surface area contributed by atoms with E-state index < -0.39 is 33.5 Å². The van der Waals surface area contributed by atoms with Gasteiger partial charge in [-0.3, -0.25) is 14.4 Å². The number of Topliss-reactive ketones (excluding diaryl/α,β-unsaturated/α-hetero) is 1. The van der Waals surface area contributed by atoms with E-state index in [-0.39, 0.29) is 17.0 Å². The third-order valence-electron chi connectivity index (χ3n) is 4.72. The van der Waals surface area contributed by atoms with Crippen molar-refractivity contribution < 1.29 is 22.8 Å². The van der Waals surface area contributed by atoms with Crippen LogP contribution in [0.1, 0.15) is 21.7 Å². The Morgan fingerprint density at radius 1 is 1.06 bits per heavy atom. The van der Waals surface area contributed by atoms with Gasteiger partial charge in [-0.1, -0.05) is 30.3 Å². The first-order valence-electron chi connectivity index (χ1n) is 9.62. The average Bonchev–Trinajstić information content (AvgIpc) is 3.14. The molecule has 2 amide bonds. The van der Waals surface area contributed by atoms with Gasteiger partial charge in [-0.15, -0.1) is 0 Å². The number of ketones is 1. The average molecular weight is 455 g/mol. The standard InChI is InChI=1S/C22H22N4O5S/c1-14-12-19(26(25-14)16-8-10-17(11-9-16)32(2,30)31)22(29)24-18(20(27)21(23)28)13-15-6-4-3-5-7-15/h3-12,18H,13H2,1-2H3,(H2,23,28)(H,24,29)/t18-/m0/s1. The Balaban J connectivity index is 1.91. The molecule has 0 aliphatic rings. The molecule has 0 fully saturated rings. The first-order chi connectivity index (χ1) is 15.1. The molecule has 0 radical (unpaired) electrons. The lowest BCUT2D eigenvalue weighted by Crippen LogP contribution is -2.47. The molecule has 0 aliphatic carbocycles. The molecule has 32 heavy (non-hydrogen) atoms. The summed E-state index contributed by atoms with van der Waals surface area (Å²) in [6, 6.07) is 15.2. The number of amides is 2. The summed E-state index contributed by atoms with van der Waals surface area (Å²) in [4.78, 5) is 37.0. The van der Waals surface area contributed by atoms with Gasteiger partial charge in [-0.05, 0) is 42.8 Å². The van der Waals surface area contributed by atoms with E-state index in [9.17, 15) is 22.8 Å². The fraction of sp³-hybridized carbons (Fsp3) is 0.182. The zero-order chi connectivity index (χ0) is 23.5. The van der Waals surface area contributed by atoms with Crippen molar-refractivity contribution in [1.29, 1.82) is 0 Å². The fourth-order valence-electron chi connectivity index (χ4n) is 3.16. The maximum absolute atomic E-state index is 13.0. The summed E-state index contributed by atoms with van der Waals surface area (Å²) >= 11 is 0. The Morgan fingerprint density at radius 2 is 1.69 bits per heavy atom. The molecule has 0 unspecified atom stereocenters.